The van der Waals surface area contributed by atoms with E-state index in [1.807, 2.05) is 38.2 Å². The third-order valence-electron chi connectivity index (χ3n) is 7.83. The van der Waals surface area contributed by atoms with Gasteiger partial charge in [-0.15, -0.1) is 11.6 Å². The lowest BCUT2D eigenvalue weighted by atomic mass is 9.83. The number of pyridine rings is 1. The molecule has 1 saturated heterocycles. The van der Waals surface area contributed by atoms with E-state index in [0.717, 1.165) is 41.0 Å². The molecule has 3 heterocycles. The fraction of sp³-hybridized carbons (Fsp3) is 0.517. The van der Waals surface area contributed by atoms with Gasteiger partial charge in [0.15, 0.2) is 0 Å². The van der Waals surface area contributed by atoms with Crippen molar-refractivity contribution >= 4 is 29.1 Å². The molecule has 0 radical (unpaired) electrons. The van der Waals surface area contributed by atoms with Crippen LogP contribution in [0.2, 0.25) is 0 Å². The van der Waals surface area contributed by atoms with Gasteiger partial charge in [-0.25, -0.2) is 4.39 Å². The summed E-state index contributed by atoms with van der Waals surface area (Å²) in [6.07, 6.45) is 3.47. The summed E-state index contributed by atoms with van der Waals surface area (Å²) in [4.78, 5) is 18.3. The van der Waals surface area contributed by atoms with Crippen molar-refractivity contribution in [3.8, 4) is 22.6 Å². The van der Waals surface area contributed by atoms with Crippen LogP contribution in [0.3, 0.4) is 0 Å². The Morgan fingerprint density at radius 3 is 2.79 bits per heavy atom. The summed E-state index contributed by atoms with van der Waals surface area (Å²) in [5.41, 5.74) is 3.42. The Hall–Kier alpha value is -2.35. The van der Waals surface area contributed by atoms with Crippen molar-refractivity contribution in [2.45, 2.75) is 75.8 Å². The van der Waals surface area contributed by atoms with Crippen LogP contribution in [0.1, 0.15) is 44.9 Å². The molecule has 3 aliphatic rings. The average Bonchev–Trinajstić information content (AvgIpc) is 2.88. The van der Waals surface area contributed by atoms with E-state index in [1.54, 1.807) is 11.0 Å². The maximum absolute atomic E-state index is 14.3. The van der Waals surface area contributed by atoms with Crippen LogP contribution < -0.4 is 9.47 Å². The van der Waals surface area contributed by atoms with Gasteiger partial charge in [0, 0.05) is 16.8 Å². The number of fused-ring (bicyclic) bond motifs is 1. The first kappa shape index (κ1) is 27.2. The van der Waals surface area contributed by atoms with Crippen molar-refractivity contribution in [2.24, 2.45) is 5.92 Å². The standard InChI is InChI=1S/C29H33Cl2FN2O4/c1-4-23-25(37-17(3)26-21(30)6-7-22(32)27(26)31)12-20(13-33-23)18-5-8-24-19(11-18)9-10-29(38-24)14-34(15-29)28(36)16(2)35/h5-6,8,11-13,16-17,22,26-27,35H,4,7,9-10,14-15H2,1-3H3/t16-,17-,22?,26?,27?/m1/s1. The van der Waals surface area contributed by atoms with E-state index in [9.17, 15) is 14.3 Å². The van der Waals surface area contributed by atoms with Crippen molar-refractivity contribution in [3.05, 3.63) is 52.8 Å². The average molecular weight is 563 g/mol. The Balaban J connectivity index is 1.33. The fourth-order valence-corrected chi connectivity index (χ4v) is 6.53. The van der Waals surface area contributed by atoms with Crippen LogP contribution in [-0.4, -0.2) is 63.3 Å². The smallest absolute Gasteiger partial charge is 0.251 e. The Bertz CT molecular complexity index is 1250. The van der Waals surface area contributed by atoms with E-state index in [4.69, 9.17) is 32.7 Å². The summed E-state index contributed by atoms with van der Waals surface area (Å²) >= 11 is 12.8. The highest BCUT2D eigenvalue weighted by Gasteiger charge is 2.49. The molecule has 0 saturated carbocycles. The third kappa shape index (κ3) is 5.13. The molecule has 1 N–H and O–H groups in total. The lowest BCUT2D eigenvalue weighted by Crippen LogP contribution is -2.68. The number of allylic oxidation sites excluding steroid dienone is 1. The Morgan fingerprint density at radius 2 is 2.08 bits per heavy atom. The zero-order valence-corrected chi connectivity index (χ0v) is 23.3. The minimum absolute atomic E-state index is 0.217. The second kappa shape index (κ2) is 10.7. The second-order valence-corrected chi connectivity index (χ2v) is 11.6. The van der Waals surface area contributed by atoms with Crippen molar-refractivity contribution < 1.29 is 23.8 Å². The van der Waals surface area contributed by atoms with Crippen molar-refractivity contribution in [1.29, 1.82) is 0 Å². The number of rotatable bonds is 6. The minimum atomic E-state index is -1.16. The van der Waals surface area contributed by atoms with Gasteiger partial charge in [0.05, 0.1) is 30.1 Å². The lowest BCUT2D eigenvalue weighted by Gasteiger charge is -2.52. The van der Waals surface area contributed by atoms with Gasteiger partial charge >= 0.3 is 0 Å². The van der Waals surface area contributed by atoms with Crippen LogP contribution >= 0.6 is 23.2 Å². The Morgan fingerprint density at radius 1 is 1.32 bits per heavy atom. The zero-order valence-electron chi connectivity index (χ0n) is 21.8. The lowest BCUT2D eigenvalue weighted by molar-refractivity contribution is -0.160. The number of halogens is 3. The number of aliphatic hydroxyl groups excluding tert-OH is 1. The molecule has 0 bridgehead atoms. The molecule has 5 rings (SSSR count). The predicted octanol–water partition coefficient (Wildman–Crippen LogP) is 5.45. The Labute approximate surface area is 232 Å². The number of nitrogens with zero attached hydrogens (tertiary/aromatic N) is 2. The van der Waals surface area contributed by atoms with Crippen molar-refractivity contribution in [1.82, 2.24) is 9.88 Å². The highest BCUT2D eigenvalue weighted by molar-refractivity contribution is 6.31. The molecular formula is C29H33Cl2FN2O4. The summed E-state index contributed by atoms with van der Waals surface area (Å²) < 4.78 is 26.9. The van der Waals surface area contributed by atoms with Gasteiger partial charge in [-0.2, -0.15) is 0 Å². The number of carbonyl (C=O) groups is 1. The molecule has 1 aromatic carbocycles. The number of ether oxygens (including phenoxy) is 2. The number of hydrogen-bond acceptors (Lipinski definition) is 5. The van der Waals surface area contributed by atoms with E-state index < -0.39 is 29.7 Å². The van der Waals surface area contributed by atoms with Crippen LogP contribution in [0.5, 0.6) is 11.5 Å². The first-order chi connectivity index (χ1) is 18.1. The number of hydrogen-bond donors (Lipinski definition) is 1. The topological polar surface area (TPSA) is 71.9 Å². The van der Waals surface area contributed by atoms with E-state index >= 15 is 0 Å². The van der Waals surface area contributed by atoms with Gasteiger partial charge in [-0.1, -0.05) is 30.7 Å². The number of aryl methyl sites for hydroxylation is 2. The van der Waals surface area contributed by atoms with E-state index in [0.29, 0.717) is 30.3 Å². The molecule has 1 fully saturated rings. The molecule has 3 unspecified atom stereocenters. The summed E-state index contributed by atoms with van der Waals surface area (Å²) in [6, 6.07) is 8.04. The molecule has 204 valence electrons. The van der Waals surface area contributed by atoms with Crippen molar-refractivity contribution in [2.75, 3.05) is 13.1 Å². The quantitative estimate of drug-likeness (QED) is 0.474. The van der Waals surface area contributed by atoms with Gasteiger partial charge in [0.2, 0.25) is 0 Å². The van der Waals surface area contributed by atoms with E-state index in [-0.39, 0.29) is 17.9 Å². The number of aromatic nitrogens is 1. The molecule has 1 aliphatic carbocycles. The maximum atomic E-state index is 14.3. The molecule has 6 nitrogen and oxygen atoms in total. The highest BCUT2D eigenvalue weighted by atomic mass is 35.5. The second-order valence-electron chi connectivity index (χ2n) is 10.6. The monoisotopic (exact) mass is 562 g/mol. The summed E-state index contributed by atoms with van der Waals surface area (Å²) in [6.45, 7) is 6.35. The summed E-state index contributed by atoms with van der Waals surface area (Å²) in [5, 5.41) is 9.35. The van der Waals surface area contributed by atoms with Gasteiger partial charge < -0.3 is 19.5 Å². The molecule has 1 aromatic heterocycles. The number of aliphatic hydroxyl groups is 1. The number of carbonyl (C=O) groups excluding carboxylic acids is 1. The van der Waals surface area contributed by atoms with E-state index in [2.05, 4.69) is 11.1 Å². The summed E-state index contributed by atoms with van der Waals surface area (Å²) in [7, 11) is 0. The van der Waals surface area contributed by atoms with Crippen molar-refractivity contribution in [3.63, 3.8) is 0 Å². The largest absolute Gasteiger partial charge is 0.488 e. The molecule has 2 aliphatic heterocycles. The zero-order chi connectivity index (χ0) is 27.2. The Kier molecular flexibility index (Phi) is 7.64. The van der Waals surface area contributed by atoms with Crippen LogP contribution in [0, 0.1) is 5.92 Å². The molecule has 2 aromatic rings. The molecule has 1 amide bonds. The van der Waals surface area contributed by atoms with Crippen LogP contribution in [0.4, 0.5) is 4.39 Å². The van der Waals surface area contributed by atoms with Crippen LogP contribution in [0.25, 0.3) is 11.1 Å². The van der Waals surface area contributed by atoms with Crippen LogP contribution in [-0.2, 0) is 17.6 Å². The SMILES string of the molecule is CCc1ncc(-c2ccc3c(c2)CCC2(CN(C(=O)[C@@H](C)O)C2)O3)cc1O[C@H](C)C1C(Cl)=CCC(F)C1Cl. The number of alkyl halides is 2. The fourth-order valence-electron chi connectivity index (χ4n) is 5.62. The first-order valence-corrected chi connectivity index (χ1v) is 14.0. The molecular weight excluding hydrogens is 530 g/mol. The first-order valence-electron chi connectivity index (χ1n) is 13.2. The number of amides is 1. The molecule has 38 heavy (non-hydrogen) atoms. The maximum Gasteiger partial charge on any atom is 0.251 e. The molecule has 1 spiro atoms. The minimum Gasteiger partial charge on any atom is -0.488 e. The number of likely N-dealkylation sites (tertiary alicyclic amines) is 1. The highest BCUT2D eigenvalue weighted by Crippen LogP contribution is 2.41. The van der Waals surface area contributed by atoms with Gasteiger partial charge in [0.25, 0.3) is 5.91 Å². The molecule has 9 heteroatoms. The third-order valence-corrected chi connectivity index (χ3v) is 8.78. The van der Waals surface area contributed by atoms with Gasteiger partial charge in [0.1, 0.15) is 35.5 Å². The van der Waals surface area contributed by atoms with Gasteiger partial charge in [-0.05, 0) is 68.9 Å². The summed E-state index contributed by atoms with van der Waals surface area (Å²) in [5.74, 6) is 0.752. The van der Waals surface area contributed by atoms with Crippen LogP contribution in [0.15, 0.2) is 41.6 Å². The molecule has 5 atom stereocenters. The predicted molar refractivity (Wildman–Crippen MR) is 146 cm³/mol. The van der Waals surface area contributed by atoms with E-state index in [1.165, 1.54) is 6.92 Å². The van der Waals surface area contributed by atoms with Gasteiger partial charge in [-0.3, -0.25) is 9.78 Å². The normalized spacial score (nSPS) is 25.5. The number of benzene rings is 1.